The lowest BCUT2D eigenvalue weighted by atomic mass is 9.93. The third-order valence-electron chi connectivity index (χ3n) is 2.52. The first kappa shape index (κ1) is 14.7. The van der Waals surface area contributed by atoms with E-state index in [0.29, 0.717) is 0 Å². The van der Waals surface area contributed by atoms with Crippen molar-refractivity contribution in [2.24, 2.45) is 5.41 Å². The van der Waals surface area contributed by atoms with Gasteiger partial charge >= 0.3 is 0 Å². The second kappa shape index (κ2) is 6.54. The molecule has 0 fully saturated rings. The largest absolute Gasteiger partial charge is 0.370 e. The summed E-state index contributed by atoms with van der Waals surface area (Å²) in [5, 5.41) is 6.55. The highest BCUT2D eigenvalue weighted by Gasteiger charge is 2.18. The molecule has 1 rings (SSSR count). The lowest BCUT2D eigenvalue weighted by Gasteiger charge is -2.28. The Morgan fingerprint density at radius 2 is 1.78 bits per heavy atom. The van der Waals surface area contributed by atoms with Gasteiger partial charge < -0.3 is 15.5 Å². The number of hydrogen-bond donors (Lipinski definition) is 2. The number of aromatic nitrogens is 2. The molecule has 18 heavy (non-hydrogen) atoms. The predicted octanol–water partition coefficient (Wildman–Crippen LogP) is 1.91. The Bertz CT molecular complexity index is 362. The molecule has 1 aromatic heterocycles. The van der Waals surface area contributed by atoms with Crippen LogP contribution in [0.5, 0.6) is 0 Å². The van der Waals surface area contributed by atoms with Crippen LogP contribution in [0.4, 0.5) is 11.6 Å². The van der Waals surface area contributed by atoms with Crippen LogP contribution >= 0.6 is 0 Å². The summed E-state index contributed by atoms with van der Waals surface area (Å²) in [4.78, 5) is 10.6. The molecule has 0 amide bonds. The first-order valence-corrected chi connectivity index (χ1v) is 6.37. The van der Waals surface area contributed by atoms with E-state index >= 15 is 0 Å². The smallest absolute Gasteiger partial charge is 0.131 e. The third-order valence-corrected chi connectivity index (χ3v) is 2.52. The van der Waals surface area contributed by atoms with E-state index in [0.717, 1.165) is 31.3 Å². The fourth-order valence-electron chi connectivity index (χ4n) is 1.97. The Labute approximate surface area is 110 Å². The Kier molecular flexibility index (Phi) is 5.34. The van der Waals surface area contributed by atoms with E-state index in [9.17, 15) is 0 Å². The van der Waals surface area contributed by atoms with Gasteiger partial charge in [0, 0.05) is 25.7 Å². The summed E-state index contributed by atoms with van der Waals surface area (Å²) in [6.07, 6.45) is 1.58. The quantitative estimate of drug-likeness (QED) is 0.775. The van der Waals surface area contributed by atoms with Crippen LogP contribution in [0.25, 0.3) is 0 Å². The minimum atomic E-state index is 0.201. The summed E-state index contributed by atoms with van der Waals surface area (Å²) in [5.41, 5.74) is 0.201. The molecular formula is C13H25N5. The van der Waals surface area contributed by atoms with Crippen LogP contribution in [0.2, 0.25) is 0 Å². The second-order valence-electron chi connectivity index (χ2n) is 5.57. The maximum atomic E-state index is 4.23. The van der Waals surface area contributed by atoms with Crippen LogP contribution in [0, 0.1) is 5.41 Å². The second-order valence-corrected chi connectivity index (χ2v) is 5.57. The van der Waals surface area contributed by atoms with Crippen molar-refractivity contribution in [2.75, 3.05) is 44.4 Å². The molecule has 2 N–H and O–H groups in total. The fourth-order valence-corrected chi connectivity index (χ4v) is 1.97. The van der Waals surface area contributed by atoms with Crippen molar-refractivity contribution in [3.05, 3.63) is 12.4 Å². The molecule has 0 atom stereocenters. The van der Waals surface area contributed by atoms with Gasteiger partial charge in [-0.25, -0.2) is 9.97 Å². The molecule has 0 spiro atoms. The van der Waals surface area contributed by atoms with Crippen LogP contribution in [-0.2, 0) is 0 Å². The molecule has 0 saturated heterocycles. The lowest BCUT2D eigenvalue weighted by Crippen LogP contribution is -2.34. The van der Waals surface area contributed by atoms with Crippen LogP contribution in [-0.4, -0.2) is 48.6 Å². The van der Waals surface area contributed by atoms with Crippen LogP contribution < -0.4 is 10.6 Å². The van der Waals surface area contributed by atoms with Crippen molar-refractivity contribution in [1.82, 2.24) is 14.9 Å². The van der Waals surface area contributed by atoms with Gasteiger partial charge in [0.2, 0.25) is 0 Å². The highest BCUT2D eigenvalue weighted by atomic mass is 15.1. The summed E-state index contributed by atoms with van der Waals surface area (Å²) in [5.74, 6) is 1.73. The highest BCUT2D eigenvalue weighted by Crippen LogP contribution is 2.17. The summed E-state index contributed by atoms with van der Waals surface area (Å²) in [7, 11) is 4.19. The van der Waals surface area contributed by atoms with Gasteiger partial charge in [0.25, 0.3) is 0 Å². The van der Waals surface area contributed by atoms with Gasteiger partial charge in [-0.05, 0) is 26.4 Å². The average Bonchev–Trinajstić information content (AvgIpc) is 2.26. The monoisotopic (exact) mass is 251 g/mol. The zero-order chi connectivity index (χ0) is 13.6. The number of anilines is 2. The van der Waals surface area contributed by atoms with Crippen molar-refractivity contribution >= 4 is 11.6 Å². The summed E-state index contributed by atoms with van der Waals surface area (Å²) in [6.45, 7) is 9.32. The van der Waals surface area contributed by atoms with Crippen molar-refractivity contribution in [2.45, 2.75) is 20.8 Å². The molecule has 0 unspecified atom stereocenters. The maximum Gasteiger partial charge on any atom is 0.131 e. The van der Waals surface area contributed by atoms with E-state index in [1.807, 2.05) is 6.07 Å². The zero-order valence-corrected chi connectivity index (χ0v) is 12.1. The van der Waals surface area contributed by atoms with Crippen molar-refractivity contribution < 1.29 is 0 Å². The van der Waals surface area contributed by atoms with Crippen LogP contribution in [0.15, 0.2) is 12.4 Å². The minimum Gasteiger partial charge on any atom is -0.370 e. The van der Waals surface area contributed by atoms with Gasteiger partial charge in [-0.1, -0.05) is 13.8 Å². The third kappa shape index (κ3) is 5.31. The topological polar surface area (TPSA) is 53.1 Å². The molecule has 5 nitrogen and oxygen atoms in total. The van der Waals surface area contributed by atoms with Gasteiger partial charge in [-0.2, -0.15) is 0 Å². The number of nitrogens with one attached hydrogen (secondary N) is 2. The van der Waals surface area contributed by atoms with E-state index in [4.69, 9.17) is 0 Å². The molecule has 0 bridgehead atoms. The molecular weight excluding hydrogens is 226 g/mol. The standard InChI is InChI=1S/C13H25N5/c1-6-14-11-7-12(17-10-16-11)15-8-13(2,3)9-18(4)5/h7,10H,6,8-9H2,1-5H3,(H2,14,15,16,17). The predicted molar refractivity (Wildman–Crippen MR) is 77.0 cm³/mol. The molecule has 0 aliphatic rings. The molecule has 0 aliphatic heterocycles. The maximum absolute atomic E-state index is 4.23. The van der Waals surface area contributed by atoms with Gasteiger partial charge in [0.15, 0.2) is 0 Å². The van der Waals surface area contributed by atoms with E-state index in [1.54, 1.807) is 6.33 Å². The van der Waals surface area contributed by atoms with Gasteiger partial charge in [0.05, 0.1) is 0 Å². The first-order chi connectivity index (χ1) is 8.43. The lowest BCUT2D eigenvalue weighted by molar-refractivity contribution is 0.254. The first-order valence-electron chi connectivity index (χ1n) is 6.37. The fraction of sp³-hybridized carbons (Fsp3) is 0.692. The molecule has 1 aromatic rings. The van der Waals surface area contributed by atoms with E-state index < -0.39 is 0 Å². The van der Waals surface area contributed by atoms with E-state index in [1.165, 1.54) is 0 Å². The summed E-state index contributed by atoms with van der Waals surface area (Å²) < 4.78 is 0. The van der Waals surface area contributed by atoms with Gasteiger partial charge in [-0.3, -0.25) is 0 Å². The van der Waals surface area contributed by atoms with Crippen molar-refractivity contribution in [1.29, 1.82) is 0 Å². The average molecular weight is 251 g/mol. The molecule has 0 saturated carbocycles. The van der Waals surface area contributed by atoms with Gasteiger partial charge in [0.1, 0.15) is 18.0 Å². The Hall–Kier alpha value is -1.36. The minimum absolute atomic E-state index is 0.201. The zero-order valence-electron chi connectivity index (χ0n) is 12.1. The molecule has 0 radical (unpaired) electrons. The highest BCUT2D eigenvalue weighted by molar-refractivity contribution is 5.46. The van der Waals surface area contributed by atoms with Gasteiger partial charge in [-0.15, -0.1) is 0 Å². The summed E-state index contributed by atoms with van der Waals surface area (Å²) in [6, 6.07) is 1.94. The Morgan fingerprint density at radius 3 is 2.33 bits per heavy atom. The molecule has 5 heteroatoms. The van der Waals surface area contributed by atoms with Crippen molar-refractivity contribution in [3.8, 4) is 0 Å². The number of rotatable bonds is 7. The van der Waals surface area contributed by atoms with Crippen LogP contribution in [0.3, 0.4) is 0 Å². The number of nitrogens with zero attached hydrogens (tertiary/aromatic N) is 3. The van der Waals surface area contributed by atoms with E-state index in [-0.39, 0.29) is 5.41 Å². The van der Waals surface area contributed by atoms with Crippen molar-refractivity contribution in [3.63, 3.8) is 0 Å². The molecule has 0 aliphatic carbocycles. The van der Waals surface area contributed by atoms with E-state index in [2.05, 4.69) is 60.4 Å². The molecule has 0 aromatic carbocycles. The SMILES string of the molecule is CCNc1cc(NCC(C)(C)CN(C)C)ncn1. The molecule has 1 heterocycles. The Morgan fingerprint density at radius 1 is 1.17 bits per heavy atom. The summed E-state index contributed by atoms with van der Waals surface area (Å²) >= 11 is 0. The molecule has 102 valence electrons. The normalized spacial score (nSPS) is 11.7. The Balaban J connectivity index is 2.54. The number of hydrogen-bond acceptors (Lipinski definition) is 5. The van der Waals surface area contributed by atoms with Crippen LogP contribution in [0.1, 0.15) is 20.8 Å².